The summed E-state index contributed by atoms with van der Waals surface area (Å²) in [5.41, 5.74) is 7.10. The van der Waals surface area contributed by atoms with Crippen LogP contribution in [0.3, 0.4) is 0 Å². The lowest BCUT2D eigenvalue weighted by molar-refractivity contribution is 0.141. The van der Waals surface area contributed by atoms with Gasteiger partial charge < -0.3 is 10.6 Å². The zero-order valence-corrected chi connectivity index (χ0v) is 12.9. The molecule has 2 rings (SSSR count). The second-order valence-corrected chi connectivity index (χ2v) is 6.44. The molecule has 2 N–H and O–H groups in total. The van der Waals surface area contributed by atoms with Crippen LogP contribution in [0.15, 0.2) is 24.3 Å². The molecule has 1 aromatic carbocycles. The van der Waals surface area contributed by atoms with E-state index in [4.69, 9.17) is 5.73 Å². The molecule has 0 heterocycles. The number of likely N-dealkylation sites (N-methyl/N-ethyl adjacent to an activating group) is 1. The van der Waals surface area contributed by atoms with Gasteiger partial charge in [-0.1, -0.05) is 32.8 Å². The van der Waals surface area contributed by atoms with Crippen molar-refractivity contribution in [2.24, 2.45) is 17.6 Å². The number of halogens is 1. The summed E-state index contributed by atoms with van der Waals surface area (Å²) in [4.78, 5) is 2.24. The van der Waals surface area contributed by atoms with E-state index in [-0.39, 0.29) is 11.4 Å². The molecule has 1 aliphatic carbocycles. The van der Waals surface area contributed by atoms with Crippen LogP contribution < -0.4 is 10.6 Å². The van der Waals surface area contributed by atoms with Gasteiger partial charge in [-0.25, -0.2) is 4.39 Å². The minimum atomic E-state index is -0.182. The summed E-state index contributed by atoms with van der Waals surface area (Å²) >= 11 is 0. The first kappa shape index (κ1) is 15.3. The first-order valence-corrected chi connectivity index (χ1v) is 7.71. The summed E-state index contributed by atoms with van der Waals surface area (Å²) in [5, 5.41) is 0. The average molecular weight is 278 g/mol. The van der Waals surface area contributed by atoms with E-state index in [9.17, 15) is 4.39 Å². The van der Waals surface area contributed by atoms with Crippen LogP contribution in [0.4, 0.5) is 10.1 Å². The quantitative estimate of drug-likeness (QED) is 0.907. The molecule has 1 aliphatic rings. The molecule has 20 heavy (non-hydrogen) atoms. The number of rotatable bonds is 4. The number of hydrogen-bond acceptors (Lipinski definition) is 2. The van der Waals surface area contributed by atoms with Crippen molar-refractivity contribution in [3.8, 4) is 0 Å². The van der Waals surface area contributed by atoms with Gasteiger partial charge in [-0.3, -0.25) is 0 Å². The Labute approximate surface area is 122 Å². The fourth-order valence-electron chi connectivity index (χ4n) is 3.95. The van der Waals surface area contributed by atoms with Gasteiger partial charge in [-0.15, -0.1) is 0 Å². The number of anilines is 1. The van der Waals surface area contributed by atoms with Crippen molar-refractivity contribution in [3.63, 3.8) is 0 Å². The van der Waals surface area contributed by atoms with E-state index in [1.807, 2.05) is 6.07 Å². The van der Waals surface area contributed by atoms with Crippen LogP contribution in [0.5, 0.6) is 0 Å². The van der Waals surface area contributed by atoms with E-state index in [0.29, 0.717) is 18.4 Å². The molecule has 0 saturated heterocycles. The number of hydrogen-bond donors (Lipinski definition) is 1. The van der Waals surface area contributed by atoms with E-state index in [1.165, 1.54) is 25.3 Å². The average Bonchev–Trinajstić information content (AvgIpc) is 2.46. The monoisotopic (exact) mass is 278 g/mol. The van der Waals surface area contributed by atoms with Crippen LogP contribution in [-0.2, 0) is 0 Å². The molecular formula is C17H27FN2. The molecule has 0 aromatic heterocycles. The zero-order valence-electron chi connectivity index (χ0n) is 12.9. The standard InChI is InChI=1S/C17H27FN2/c1-13(2)16-9-4-5-10-17(16,12-19)20(3)15-8-6-7-14(18)11-15/h6-8,11,13,16H,4-5,9-10,12,19H2,1-3H3. The van der Waals surface area contributed by atoms with Gasteiger partial charge in [-0.2, -0.15) is 0 Å². The van der Waals surface area contributed by atoms with Crippen molar-refractivity contribution >= 4 is 5.69 Å². The van der Waals surface area contributed by atoms with Gasteiger partial charge in [0.2, 0.25) is 0 Å². The van der Waals surface area contributed by atoms with E-state index >= 15 is 0 Å². The van der Waals surface area contributed by atoms with Gasteiger partial charge in [0.15, 0.2) is 0 Å². The number of nitrogens with two attached hydrogens (primary N) is 1. The first-order chi connectivity index (χ1) is 9.51. The smallest absolute Gasteiger partial charge is 0.125 e. The van der Waals surface area contributed by atoms with Crippen LogP contribution in [0, 0.1) is 17.7 Å². The van der Waals surface area contributed by atoms with Gasteiger partial charge in [0.1, 0.15) is 5.82 Å². The molecule has 2 atom stereocenters. The second-order valence-electron chi connectivity index (χ2n) is 6.44. The third kappa shape index (κ3) is 2.69. The van der Waals surface area contributed by atoms with Crippen LogP contribution in [0.2, 0.25) is 0 Å². The van der Waals surface area contributed by atoms with Gasteiger partial charge in [0.05, 0.1) is 5.54 Å². The molecule has 0 bridgehead atoms. The maximum atomic E-state index is 13.5. The summed E-state index contributed by atoms with van der Waals surface area (Å²) in [7, 11) is 2.07. The molecule has 0 radical (unpaired) electrons. The Morgan fingerprint density at radius 2 is 2.15 bits per heavy atom. The molecular weight excluding hydrogens is 251 g/mol. The topological polar surface area (TPSA) is 29.3 Å². The fraction of sp³-hybridized carbons (Fsp3) is 0.647. The predicted molar refractivity (Wildman–Crippen MR) is 83.4 cm³/mol. The summed E-state index contributed by atoms with van der Waals surface area (Å²) in [6, 6.07) is 6.86. The Morgan fingerprint density at radius 1 is 1.40 bits per heavy atom. The lowest BCUT2D eigenvalue weighted by atomic mass is 9.67. The molecule has 1 aromatic rings. The minimum absolute atomic E-state index is 0.0415. The lowest BCUT2D eigenvalue weighted by Crippen LogP contribution is -2.60. The molecule has 112 valence electrons. The van der Waals surface area contributed by atoms with Gasteiger partial charge >= 0.3 is 0 Å². The third-order valence-electron chi connectivity index (χ3n) is 5.09. The molecule has 3 heteroatoms. The van der Waals surface area contributed by atoms with Crippen molar-refractivity contribution in [1.82, 2.24) is 0 Å². The Hall–Kier alpha value is -1.09. The van der Waals surface area contributed by atoms with E-state index in [0.717, 1.165) is 12.1 Å². The third-order valence-corrected chi connectivity index (χ3v) is 5.09. The second kappa shape index (κ2) is 6.13. The zero-order chi connectivity index (χ0) is 14.8. The van der Waals surface area contributed by atoms with Gasteiger partial charge in [-0.05, 0) is 42.9 Å². The van der Waals surface area contributed by atoms with Crippen LogP contribution in [0.1, 0.15) is 39.5 Å². The van der Waals surface area contributed by atoms with E-state index in [1.54, 1.807) is 12.1 Å². The number of nitrogens with zero attached hydrogens (tertiary/aromatic N) is 1. The molecule has 0 spiro atoms. The lowest BCUT2D eigenvalue weighted by Gasteiger charge is -2.52. The Kier molecular flexibility index (Phi) is 4.69. The van der Waals surface area contributed by atoms with Crippen LogP contribution >= 0.6 is 0 Å². The Balaban J connectivity index is 2.37. The highest BCUT2D eigenvalue weighted by Crippen LogP contribution is 2.43. The van der Waals surface area contributed by atoms with Crippen LogP contribution in [-0.4, -0.2) is 19.1 Å². The van der Waals surface area contributed by atoms with Gasteiger partial charge in [0.25, 0.3) is 0 Å². The summed E-state index contributed by atoms with van der Waals surface area (Å²) < 4.78 is 13.5. The summed E-state index contributed by atoms with van der Waals surface area (Å²) in [6.45, 7) is 5.18. The molecule has 2 unspecified atom stereocenters. The Morgan fingerprint density at radius 3 is 2.75 bits per heavy atom. The Bertz CT molecular complexity index is 446. The predicted octanol–water partition coefficient (Wildman–Crippen LogP) is 3.81. The number of benzene rings is 1. The molecule has 2 nitrogen and oxygen atoms in total. The van der Waals surface area contributed by atoms with E-state index < -0.39 is 0 Å². The van der Waals surface area contributed by atoms with Gasteiger partial charge in [0, 0.05) is 19.3 Å². The molecule has 1 saturated carbocycles. The molecule has 0 aliphatic heterocycles. The normalized spacial score (nSPS) is 26.8. The highest BCUT2D eigenvalue weighted by Gasteiger charge is 2.44. The SMILES string of the molecule is CC(C)C1CCCCC1(CN)N(C)c1cccc(F)c1. The van der Waals surface area contributed by atoms with E-state index in [2.05, 4.69) is 25.8 Å². The molecule has 0 amide bonds. The van der Waals surface area contributed by atoms with Crippen molar-refractivity contribution in [3.05, 3.63) is 30.1 Å². The van der Waals surface area contributed by atoms with Crippen molar-refractivity contribution in [1.29, 1.82) is 0 Å². The summed E-state index contributed by atoms with van der Waals surface area (Å²) in [5.74, 6) is 0.975. The maximum Gasteiger partial charge on any atom is 0.125 e. The fourth-order valence-corrected chi connectivity index (χ4v) is 3.95. The van der Waals surface area contributed by atoms with Crippen LogP contribution in [0.25, 0.3) is 0 Å². The largest absolute Gasteiger partial charge is 0.367 e. The van der Waals surface area contributed by atoms with Crippen molar-refractivity contribution in [2.45, 2.75) is 45.1 Å². The van der Waals surface area contributed by atoms with Crippen molar-refractivity contribution < 1.29 is 4.39 Å². The molecule has 1 fully saturated rings. The highest BCUT2D eigenvalue weighted by molar-refractivity contribution is 5.49. The first-order valence-electron chi connectivity index (χ1n) is 7.71. The minimum Gasteiger partial charge on any atom is -0.367 e. The van der Waals surface area contributed by atoms with Crippen molar-refractivity contribution in [2.75, 3.05) is 18.5 Å². The summed E-state index contributed by atoms with van der Waals surface area (Å²) in [6.07, 6.45) is 4.80. The maximum absolute atomic E-state index is 13.5. The highest BCUT2D eigenvalue weighted by atomic mass is 19.1.